The minimum Gasteiger partial charge on any atom is -0.502 e. The third-order valence-corrected chi connectivity index (χ3v) is 1.08. The molecule has 0 unspecified atom stereocenters. The van der Waals surface area contributed by atoms with Crippen LogP contribution in [0.25, 0.3) is 0 Å². The fourth-order valence-corrected chi connectivity index (χ4v) is 0.619. The molecule has 4 nitrogen and oxygen atoms in total. The first-order chi connectivity index (χ1) is 4.72. The van der Waals surface area contributed by atoms with Crippen molar-refractivity contribution >= 4 is 35.2 Å². The molecule has 0 aliphatic carbocycles. The molecule has 0 aromatic heterocycles. The molecule has 1 rings (SSSR count). The van der Waals surface area contributed by atoms with Crippen molar-refractivity contribution in [1.82, 2.24) is 0 Å². The van der Waals surface area contributed by atoms with Gasteiger partial charge in [0.05, 0.1) is 4.92 Å². The molecule has 0 saturated carbocycles. The Bertz CT molecular complexity index is 269. The van der Waals surface area contributed by atoms with Crippen LogP contribution in [0.4, 0.5) is 5.69 Å². The van der Waals surface area contributed by atoms with Crippen molar-refractivity contribution in [1.29, 1.82) is 0 Å². The molecule has 1 aromatic rings. The van der Waals surface area contributed by atoms with Crippen LogP contribution in [0.2, 0.25) is 0 Å². The third-order valence-electron chi connectivity index (χ3n) is 1.08. The van der Waals surface area contributed by atoms with Crippen LogP contribution in [-0.4, -0.2) is 39.6 Å². The first-order valence-corrected chi connectivity index (χ1v) is 2.64. The van der Waals surface area contributed by atoms with E-state index in [0.717, 1.165) is 0 Å². The Morgan fingerprint density at radius 1 is 1.33 bits per heavy atom. The standard InChI is InChI=1S/C6H5NO3.Hg.Na/c8-6-4-2-1-3-5(6)7(9)10;;/h1-4,8H;;. The van der Waals surface area contributed by atoms with Crippen molar-refractivity contribution in [3.8, 4) is 5.75 Å². The average molecular weight is 363 g/mol. The van der Waals surface area contributed by atoms with Crippen LogP contribution < -0.4 is 0 Å². The zero-order valence-electron chi connectivity index (χ0n) is 6.73. The Hall–Kier alpha value is 0.355. The molecule has 6 heteroatoms. The summed E-state index contributed by atoms with van der Waals surface area (Å²) < 4.78 is 0. The number of phenols is 1. The quantitative estimate of drug-likeness (QED) is 0.459. The van der Waals surface area contributed by atoms with E-state index in [0.29, 0.717) is 0 Å². The minimum absolute atomic E-state index is 0. The smallest absolute Gasteiger partial charge is 0.310 e. The molecule has 0 heterocycles. The maximum atomic E-state index is 10.1. The topological polar surface area (TPSA) is 63.4 Å². The molecule has 1 aromatic carbocycles. The fourth-order valence-electron chi connectivity index (χ4n) is 0.619. The molecule has 1 N–H and O–H groups in total. The maximum Gasteiger partial charge on any atom is 0.310 e. The molecular formula is C6H5HgNNaO3. The zero-order chi connectivity index (χ0) is 7.56. The number of aromatic hydroxyl groups is 1. The molecule has 0 aliphatic heterocycles. The summed E-state index contributed by atoms with van der Waals surface area (Å²) in [5, 5.41) is 18.9. The molecule has 0 saturated heterocycles. The number of para-hydroxylation sites is 2. The molecule has 0 atom stereocenters. The van der Waals surface area contributed by atoms with Gasteiger partial charge in [0.25, 0.3) is 0 Å². The van der Waals surface area contributed by atoms with E-state index in [9.17, 15) is 10.1 Å². The Balaban J connectivity index is 0. The van der Waals surface area contributed by atoms with Gasteiger partial charge in [-0.1, -0.05) is 12.1 Å². The first kappa shape index (κ1) is 14.9. The van der Waals surface area contributed by atoms with E-state index in [2.05, 4.69) is 0 Å². The van der Waals surface area contributed by atoms with Gasteiger partial charge in [0.1, 0.15) is 0 Å². The minimum atomic E-state index is -0.630. The number of hydrogen-bond acceptors (Lipinski definition) is 3. The molecule has 1 radical (unpaired) electrons. The van der Waals surface area contributed by atoms with Gasteiger partial charge in [-0.2, -0.15) is 0 Å². The zero-order valence-corrected chi connectivity index (χ0v) is 14.2. The van der Waals surface area contributed by atoms with Gasteiger partial charge in [0.15, 0.2) is 5.75 Å². The summed E-state index contributed by atoms with van der Waals surface area (Å²) in [5.41, 5.74) is -0.262. The molecule has 0 bridgehead atoms. The second-order valence-corrected chi connectivity index (χ2v) is 1.75. The van der Waals surface area contributed by atoms with Crippen molar-refractivity contribution in [3.05, 3.63) is 34.4 Å². The summed E-state index contributed by atoms with van der Waals surface area (Å²) >= 11 is 0. The Kier molecular flexibility index (Phi) is 8.45. The van der Waals surface area contributed by atoms with Gasteiger partial charge in [0.2, 0.25) is 0 Å². The molecule has 0 fully saturated rings. The van der Waals surface area contributed by atoms with Crippen molar-refractivity contribution in [3.63, 3.8) is 0 Å². The Morgan fingerprint density at radius 3 is 2.17 bits per heavy atom. The van der Waals surface area contributed by atoms with Crippen LogP contribution in [0.1, 0.15) is 0 Å². The fraction of sp³-hybridized carbons (Fsp3) is 0. The van der Waals surface area contributed by atoms with Crippen LogP contribution in [-0.2, 0) is 27.7 Å². The van der Waals surface area contributed by atoms with Crippen molar-refractivity contribution < 1.29 is 37.7 Å². The van der Waals surface area contributed by atoms with E-state index < -0.39 is 4.92 Å². The predicted molar refractivity (Wildman–Crippen MR) is 40.5 cm³/mol. The number of nitro groups is 1. The van der Waals surface area contributed by atoms with E-state index in [-0.39, 0.29) is 68.7 Å². The van der Waals surface area contributed by atoms with E-state index in [4.69, 9.17) is 5.11 Å². The molecule has 0 amide bonds. The van der Waals surface area contributed by atoms with Crippen LogP contribution >= 0.6 is 0 Å². The molecule has 55 valence electrons. The van der Waals surface area contributed by atoms with Crippen LogP contribution in [0, 0.1) is 10.1 Å². The van der Waals surface area contributed by atoms with Gasteiger partial charge in [-0.15, -0.1) is 0 Å². The number of nitrogens with zero attached hydrogens (tertiary/aromatic N) is 1. The molecular weight excluding hydrogens is 358 g/mol. The van der Waals surface area contributed by atoms with Crippen LogP contribution in [0.5, 0.6) is 5.75 Å². The number of benzene rings is 1. The maximum absolute atomic E-state index is 10.1. The van der Waals surface area contributed by atoms with Gasteiger partial charge < -0.3 is 5.11 Å². The molecule has 12 heavy (non-hydrogen) atoms. The van der Waals surface area contributed by atoms with Gasteiger partial charge >= 0.3 is 5.69 Å². The second-order valence-electron chi connectivity index (χ2n) is 1.75. The summed E-state index contributed by atoms with van der Waals surface area (Å²) in [6.45, 7) is 0. The number of phenolic OH excluding ortho intramolecular Hbond substituents is 1. The summed E-state index contributed by atoms with van der Waals surface area (Å²) in [7, 11) is 0. The van der Waals surface area contributed by atoms with Crippen molar-refractivity contribution in [2.24, 2.45) is 0 Å². The summed E-state index contributed by atoms with van der Waals surface area (Å²) in [6.07, 6.45) is 0. The largest absolute Gasteiger partial charge is 0.502 e. The Labute approximate surface area is 112 Å². The second kappa shape index (κ2) is 6.83. The van der Waals surface area contributed by atoms with E-state index >= 15 is 0 Å². The van der Waals surface area contributed by atoms with Gasteiger partial charge in [-0.3, -0.25) is 10.1 Å². The van der Waals surface area contributed by atoms with Gasteiger partial charge in [-0.05, 0) is 6.07 Å². The number of nitro benzene ring substituents is 1. The van der Waals surface area contributed by atoms with Crippen molar-refractivity contribution in [2.45, 2.75) is 0 Å². The van der Waals surface area contributed by atoms with Crippen molar-refractivity contribution in [2.75, 3.05) is 0 Å². The Morgan fingerprint density at radius 2 is 1.83 bits per heavy atom. The molecule has 0 spiro atoms. The first-order valence-electron chi connectivity index (χ1n) is 2.64. The monoisotopic (exact) mass is 364 g/mol. The van der Waals surface area contributed by atoms with Crippen LogP contribution in [0.3, 0.4) is 0 Å². The van der Waals surface area contributed by atoms with Gasteiger partial charge in [-0.25, -0.2) is 0 Å². The molecule has 0 aliphatic rings. The predicted octanol–water partition coefficient (Wildman–Crippen LogP) is 0.917. The average Bonchev–Trinajstić information content (AvgIpc) is 1.88. The number of rotatable bonds is 1. The third kappa shape index (κ3) is 3.84. The van der Waals surface area contributed by atoms with Gasteiger partial charge in [0, 0.05) is 63.3 Å². The summed E-state index contributed by atoms with van der Waals surface area (Å²) in [6, 6.07) is 5.55. The van der Waals surface area contributed by atoms with E-state index in [1.165, 1.54) is 24.3 Å². The van der Waals surface area contributed by atoms with E-state index in [1.54, 1.807) is 0 Å². The normalized spacial score (nSPS) is 7.67. The van der Waals surface area contributed by atoms with E-state index in [1.807, 2.05) is 0 Å². The summed E-state index contributed by atoms with van der Waals surface area (Å²) in [5.74, 6) is -0.299. The number of hydrogen-bond donors (Lipinski definition) is 1. The van der Waals surface area contributed by atoms with Crippen LogP contribution in [0.15, 0.2) is 24.3 Å². The SMILES string of the molecule is O=[N+]([O-])c1ccccc1O.[Hg].[Na]. The summed E-state index contributed by atoms with van der Waals surface area (Å²) in [4.78, 5) is 9.44.